The summed E-state index contributed by atoms with van der Waals surface area (Å²) < 4.78 is 5.24. The van der Waals surface area contributed by atoms with Crippen LogP contribution in [0.5, 0.6) is 0 Å². The maximum atomic E-state index is 11.7. The predicted octanol–water partition coefficient (Wildman–Crippen LogP) is 4.89. The van der Waals surface area contributed by atoms with Crippen LogP contribution in [-0.2, 0) is 14.3 Å². The lowest BCUT2D eigenvalue weighted by Crippen LogP contribution is -2.48. The van der Waals surface area contributed by atoms with Crippen LogP contribution in [0.1, 0.15) is 19.3 Å². The van der Waals surface area contributed by atoms with Crippen LogP contribution in [0.3, 0.4) is 0 Å². The first kappa shape index (κ1) is 22.4. The number of rotatable bonds is 4. The van der Waals surface area contributed by atoms with E-state index < -0.39 is 6.10 Å². The summed E-state index contributed by atoms with van der Waals surface area (Å²) in [7, 11) is 0. The largest absolute Gasteiger partial charge is 0.366 e. The average molecular weight is 422 g/mol. The Morgan fingerprint density at radius 2 is 1.50 bits per heavy atom. The monoisotopic (exact) mass is 421 g/mol. The lowest BCUT2D eigenvalue weighted by Gasteiger charge is -2.31. The molecule has 1 saturated carbocycles. The van der Waals surface area contributed by atoms with E-state index in [1.807, 2.05) is 65.6 Å². The van der Waals surface area contributed by atoms with Gasteiger partial charge in [0, 0.05) is 29.6 Å². The molecule has 2 aliphatic rings. The summed E-state index contributed by atoms with van der Waals surface area (Å²) in [6.07, 6.45) is 2.91. The molecule has 0 spiro atoms. The van der Waals surface area contributed by atoms with Gasteiger partial charge in [0.15, 0.2) is 0 Å². The van der Waals surface area contributed by atoms with E-state index in [9.17, 15) is 9.59 Å². The molecule has 0 bridgehead atoms. The average Bonchev–Trinajstić information content (AvgIpc) is 3.52. The van der Waals surface area contributed by atoms with Crippen LogP contribution in [-0.4, -0.2) is 42.9 Å². The summed E-state index contributed by atoms with van der Waals surface area (Å²) in [5.74, 6) is 0.698. The molecule has 0 radical (unpaired) electrons. The second-order valence-electron chi connectivity index (χ2n) is 6.58. The number of hydrogen-bond donors (Lipinski definition) is 0. The fourth-order valence-corrected chi connectivity index (χ4v) is 2.86. The number of carbonyl (C=O) groups excluding carboxylic acids is 2. The predicted molar refractivity (Wildman–Crippen MR) is 113 cm³/mol. The van der Waals surface area contributed by atoms with E-state index in [1.54, 1.807) is 0 Å². The molecule has 2 aromatic carbocycles. The third kappa shape index (κ3) is 8.87. The zero-order chi connectivity index (χ0) is 20.2. The first-order chi connectivity index (χ1) is 13.6. The number of hydrogen-bond acceptors (Lipinski definition) is 3. The van der Waals surface area contributed by atoms with Gasteiger partial charge in [-0.25, -0.2) is 0 Å². The highest BCUT2D eigenvalue weighted by atomic mass is 35.5. The van der Waals surface area contributed by atoms with Crippen molar-refractivity contribution in [1.29, 1.82) is 0 Å². The summed E-state index contributed by atoms with van der Waals surface area (Å²) in [5, 5.41) is 1.59. The van der Waals surface area contributed by atoms with Crippen molar-refractivity contribution in [3.8, 4) is 0 Å². The Morgan fingerprint density at radius 1 is 0.964 bits per heavy atom. The lowest BCUT2D eigenvalue weighted by atomic mass is 10.2. The quantitative estimate of drug-likeness (QED) is 0.659. The molecule has 1 aliphatic carbocycles. The molecule has 0 N–H and O–H groups in total. The number of aldehydes is 1. The van der Waals surface area contributed by atoms with Gasteiger partial charge in [0.2, 0.25) is 0 Å². The van der Waals surface area contributed by atoms with Gasteiger partial charge < -0.3 is 14.4 Å². The van der Waals surface area contributed by atoms with E-state index >= 15 is 0 Å². The van der Waals surface area contributed by atoms with Crippen LogP contribution in [0, 0.1) is 5.92 Å². The normalized spacial score (nSPS) is 18.3. The van der Waals surface area contributed by atoms with Crippen molar-refractivity contribution < 1.29 is 14.3 Å². The molecular weight excluding hydrogens is 397 g/mol. The molecule has 0 unspecified atom stereocenters. The van der Waals surface area contributed by atoms with Crippen molar-refractivity contribution in [2.45, 2.75) is 25.4 Å². The Labute approximate surface area is 176 Å². The number of ether oxygens (including phenoxy) is 1. The van der Waals surface area contributed by atoms with Gasteiger partial charge in [0.05, 0.1) is 6.61 Å². The topological polar surface area (TPSA) is 46.6 Å². The van der Waals surface area contributed by atoms with Crippen molar-refractivity contribution in [3.63, 3.8) is 0 Å². The molecule has 150 valence electrons. The summed E-state index contributed by atoms with van der Waals surface area (Å²) in [4.78, 5) is 23.9. The minimum absolute atomic E-state index is 0.00440. The maximum Gasteiger partial charge on any atom is 0.252 e. The van der Waals surface area contributed by atoms with Crippen LogP contribution in [0.15, 0.2) is 60.7 Å². The maximum absolute atomic E-state index is 11.7. The highest BCUT2D eigenvalue weighted by molar-refractivity contribution is 6.30. The second-order valence-corrected chi connectivity index (χ2v) is 7.45. The van der Waals surface area contributed by atoms with Crippen LogP contribution >= 0.6 is 23.2 Å². The van der Waals surface area contributed by atoms with Crippen LogP contribution in [0.25, 0.3) is 0 Å². The SMILES string of the molecule is Clc1ccccc1.Clc1ccccc1.O=CC[C@H]1OCCN(CC2CC2)C1=O. The van der Waals surface area contributed by atoms with Gasteiger partial charge in [0.25, 0.3) is 5.91 Å². The molecule has 1 heterocycles. The third-order valence-electron chi connectivity index (χ3n) is 4.22. The number of halogens is 2. The van der Waals surface area contributed by atoms with Crippen molar-refractivity contribution in [3.05, 3.63) is 70.7 Å². The van der Waals surface area contributed by atoms with Crippen LogP contribution < -0.4 is 0 Å². The zero-order valence-corrected chi connectivity index (χ0v) is 17.2. The van der Waals surface area contributed by atoms with Gasteiger partial charge in [-0.05, 0) is 43.0 Å². The molecular formula is C22H25Cl2NO3. The fraction of sp³-hybridized carbons (Fsp3) is 0.364. The van der Waals surface area contributed by atoms with Gasteiger partial charge in [0.1, 0.15) is 12.4 Å². The van der Waals surface area contributed by atoms with Gasteiger partial charge in [-0.15, -0.1) is 0 Å². The molecule has 28 heavy (non-hydrogen) atoms. The van der Waals surface area contributed by atoms with Crippen molar-refractivity contribution in [2.24, 2.45) is 5.92 Å². The fourth-order valence-electron chi connectivity index (χ4n) is 2.57. The molecule has 1 saturated heterocycles. The van der Waals surface area contributed by atoms with Gasteiger partial charge in [-0.3, -0.25) is 4.79 Å². The minimum atomic E-state index is -0.514. The molecule has 0 aromatic heterocycles. The van der Waals surface area contributed by atoms with Crippen LogP contribution in [0.4, 0.5) is 0 Å². The highest BCUT2D eigenvalue weighted by Crippen LogP contribution is 2.30. The Hall–Kier alpha value is -1.88. The lowest BCUT2D eigenvalue weighted by molar-refractivity contribution is -0.154. The molecule has 1 atom stereocenters. The Balaban J connectivity index is 0.000000168. The number of carbonyl (C=O) groups is 2. The first-order valence-electron chi connectivity index (χ1n) is 9.35. The zero-order valence-electron chi connectivity index (χ0n) is 15.7. The molecule has 4 rings (SSSR count). The standard InChI is InChI=1S/C10H15NO3.2C6H5Cl/c12-5-3-9-10(13)11(4-6-14-9)7-8-1-2-8;2*7-6-4-2-1-3-5-6/h5,8-9H,1-4,6-7H2;2*1-5H/t9-;;/m1../s1. The summed E-state index contributed by atoms with van der Waals surface area (Å²) >= 11 is 11.1. The van der Waals surface area contributed by atoms with E-state index in [4.69, 9.17) is 27.9 Å². The smallest absolute Gasteiger partial charge is 0.252 e. The van der Waals surface area contributed by atoms with Gasteiger partial charge in [-0.1, -0.05) is 59.6 Å². The van der Waals surface area contributed by atoms with Gasteiger partial charge >= 0.3 is 0 Å². The molecule has 6 heteroatoms. The van der Waals surface area contributed by atoms with Crippen LogP contribution in [0.2, 0.25) is 10.0 Å². The number of nitrogens with zero attached hydrogens (tertiary/aromatic N) is 1. The van der Waals surface area contributed by atoms with Gasteiger partial charge in [-0.2, -0.15) is 0 Å². The molecule has 1 amide bonds. The van der Waals surface area contributed by atoms with Crippen molar-refractivity contribution in [1.82, 2.24) is 4.90 Å². The second kappa shape index (κ2) is 12.6. The first-order valence-corrected chi connectivity index (χ1v) is 10.1. The third-order valence-corrected chi connectivity index (χ3v) is 4.72. The molecule has 2 fully saturated rings. The van der Waals surface area contributed by atoms with E-state index in [1.165, 1.54) is 12.8 Å². The Bertz CT molecular complexity index is 671. The highest BCUT2D eigenvalue weighted by Gasteiger charge is 2.33. The number of amides is 1. The Morgan fingerprint density at radius 3 is 1.89 bits per heavy atom. The molecule has 2 aromatic rings. The minimum Gasteiger partial charge on any atom is -0.366 e. The van der Waals surface area contributed by atoms with Crippen molar-refractivity contribution >= 4 is 35.4 Å². The van der Waals surface area contributed by atoms with E-state index in [-0.39, 0.29) is 12.3 Å². The van der Waals surface area contributed by atoms with E-state index in [2.05, 4.69) is 0 Å². The molecule has 4 nitrogen and oxygen atoms in total. The summed E-state index contributed by atoms with van der Waals surface area (Å²) in [5.41, 5.74) is 0. The van der Waals surface area contributed by atoms with E-state index in [0.29, 0.717) is 19.1 Å². The molecule has 1 aliphatic heterocycles. The number of benzene rings is 2. The number of morpholine rings is 1. The summed E-state index contributed by atoms with van der Waals surface area (Å²) in [6, 6.07) is 18.9. The Kier molecular flexibility index (Phi) is 10.0. The van der Waals surface area contributed by atoms with E-state index in [0.717, 1.165) is 22.9 Å². The summed E-state index contributed by atoms with van der Waals surface area (Å²) in [6.45, 7) is 2.11. The van der Waals surface area contributed by atoms with Crippen molar-refractivity contribution in [2.75, 3.05) is 19.7 Å².